The van der Waals surface area contributed by atoms with Crippen LogP contribution in [0.4, 0.5) is 0 Å². The van der Waals surface area contributed by atoms with E-state index in [0.717, 1.165) is 34.5 Å². The number of fused-ring (bicyclic) bond motifs is 1. The second-order valence-electron chi connectivity index (χ2n) is 9.61. The summed E-state index contributed by atoms with van der Waals surface area (Å²) in [6.45, 7) is 4.31. The smallest absolute Gasteiger partial charge is 0.239 e. The molecule has 11 heteroatoms. The van der Waals surface area contributed by atoms with E-state index in [1.165, 1.54) is 11.8 Å². The van der Waals surface area contributed by atoms with Gasteiger partial charge in [0.25, 0.3) is 0 Å². The first kappa shape index (κ1) is 28.7. The van der Waals surface area contributed by atoms with E-state index in [4.69, 9.17) is 33.4 Å². The zero-order valence-electron chi connectivity index (χ0n) is 24.4. The van der Waals surface area contributed by atoms with E-state index in [0.29, 0.717) is 58.5 Å². The average Bonchev–Trinajstić information content (AvgIpc) is 3.38. The molecule has 1 amide bonds. The fraction of sp³-hybridized carbons (Fsp3) is 0.400. The molecule has 218 valence electrons. The molecule has 1 saturated heterocycles. The quantitative estimate of drug-likeness (QED) is 0.427. The van der Waals surface area contributed by atoms with Gasteiger partial charge in [0, 0.05) is 13.1 Å². The van der Waals surface area contributed by atoms with Crippen molar-refractivity contribution in [1.29, 1.82) is 0 Å². The van der Waals surface area contributed by atoms with Gasteiger partial charge in [0.05, 0.1) is 60.2 Å². The molecule has 1 fully saturated rings. The van der Waals surface area contributed by atoms with Gasteiger partial charge in [-0.25, -0.2) is 4.99 Å². The van der Waals surface area contributed by atoms with Crippen LogP contribution in [0.15, 0.2) is 46.1 Å². The predicted molar refractivity (Wildman–Crippen MR) is 159 cm³/mol. The molecule has 10 nitrogen and oxygen atoms in total. The largest absolute Gasteiger partial charge is 0.493 e. The molecule has 0 N–H and O–H groups in total. The maximum atomic E-state index is 13.3. The zero-order chi connectivity index (χ0) is 29.3. The van der Waals surface area contributed by atoms with E-state index >= 15 is 0 Å². The van der Waals surface area contributed by atoms with Gasteiger partial charge >= 0.3 is 0 Å². The van der Waals surface area contributed by atoms with Crippen LogP contribution in [0.2, 0.25) is 0 Å². The lowest BCUT2D eigenvalue weighted by molar-refractivity contribution is -0.125. The van der Waals surface area contributed by atoms with Gasteiger partial charge in [0.2, 0.25) is 17.4 Å². The van der Waals surface area contributed by atoms with Crippen LogP contribution in [-0.2, 0) is 4.79 Å². The molecular formula is C30H35N3O7S. The van der Waals surface area contributed by atoms with E-state index in [1.807, 2.05) is 24.3 Å². The standard InChI is InChI=1S/C30H35N3O7S/c1-8-32-14-19(9-17-10-21(35-2)28(39-6)22(11-17)36-3)26-20(15-32)27(33-25(34)16-41-30(33)31-26)18-12-23(37-4)29(40-7)24(13-18)38-5/h9-13,27H,8,14-16H2,1-7H3/b19-9+. The van der Waals surface area contributed by atoms with Crippen LogP contribution in [-0.4, -0.2) is 88.9 Å². The Hall–Kier alpha value is -3.83. The van der Waals surface area contributed by atoms with Crippen LogP contribution in [0.1, 0.15) is 24.1 Å². The Kier molecular flexibility index (Phi) is 8.37. The predicted octanol–water partition coefficient (Wildman–Crippen LogP) is 4.40. The van der Waals surface area contributed by atoms with Crippen molar-refractivity contribution in [2.75, 3.05) is 68.0 Å². The van der Waals surface area contributed by atoms with E-state index in [9.17, 15) is 4.79 Å². The molecule has 0 saturated carbocycles. The number of aliphatic imine (C=N–C) groups is 1. The average molecular weight is 582 g/mol. The number of rotatable bonds is 9. The molecule has 41 heavy (non-hydrogen) atoms. The van der Waals surface area contributed by atoms with Crippen LogP contribution in [0.5, 0.6) is 34.5 Å². The van der Waals surface area contributed by atoms with Gasteiger partial charge in [-0.05, 0) is 59.2 Å². The molecule has 0 bridgehead atoms. The van der Waals surface area contributed by atoms with Crippen molar-refractivity contribution < 1.29 is 33.2 Å². The molecule has 1 atom stereocenters. The van der Waals surface area contributed by atoms with Crippen molar-refractivity contribution in [2.24, 2.45) is 4.99 Å². The minimum absolute atomic E-state index is 0.0165. The summed E-state index contributed by atoms with van der Waals surface area (Å²) in [5, 5.41) is 0.688. The number of hydrogen-bond donors (Lipinski definition) is 0. The molecule has 0 radical (unpaired) electrons. The zero-order valence-corrected chi connectivity index (χ0v) is 25.2. The number of ether oxygens (including phenoxy) is 6. The van der Waals surface area contributed by atoms with E-state index in [2.05, 4.69) is 17.9 Å². The molecule has 3 heterocycles. The summed E-state index contributed by atoms with van der Waals surface area (Å²) in [7, 11) is 9.55. The number of amides is 1. The Morgan fingerprint density at radius 1 is 0.854 bits per heavy atom. The van der Waals surface area contributed by atoms with Crippen LogP contribution in [0.25, 0.3) is 6.08 Å². The monoisotopic (exact) mass is 581 g/mol. The van der Waals surface area contributed by atoms with Crippen molar-refractivity contribution in [3.05, 3.63) is 52.2 Å². The summed E-state index contributed by atoms with van der Waals surface area (Å²) >= 11 is 1.46. The number of hydrogen-bond acceptors (Lipinski definition) is 10. The number of carbonyl (C=O) groups is 1. The van der Waals surface area contributed by atoms with Crippen molar-refractivity contribution >= 4 is 28.9 Å². The van der Waals surface area contributed by atoms with Gasteiger partial charge in [0.15, 0.2) is 28.2 Å². The lowest BCUT2D eigenvalue weighted by Crippen LogP contribution is -2.44. The van der Waals surface area contributed by atoms with Crippen molar-refractivity contribution in [3.8, 4) is 34.5 Å². The van der Waals surface area contributed by atoms with E-state index < -0.39 is 0 Å². The first-order chi connectivity index (χ1) is 19.9. The lowest BCUT2D eigenvalue weighted by Gasteiger charge is -2.40. The number of amidine groups is 1. The normalized spacial score (nSPS) is 19.5. The number of thioether (sulfide) groups is 1. The third-order valence-electron chi connectivity index (χ3n) is 7.47. The summed E-state index contributed by atoms with van der Waals surface area (Å²) < 4.78 is 33.6. The highest BCUT2D eigenvalue weighted by atomic mass is 32.2. The highest BCUT2D eigenvalue weighted by molar-refractivity contribution is 8.15. The van der Waals surface area contributed by atoms with Gasteiger partial charge < -0.3 is 28.4 Å². The highest BCUT2D eigenvalue weighted by Gasteiger charge is 2.44. The molecule has 3 aliphatic heterocycles. The number of benzene rings is 2. The van der Waals surface area contributed by atoms with Crippen LogP contribution < -0.4 is 28.4 Å². The second-order valence-corrected chi connectivity index (χ2v) is 10.6. The SMILES string of the molecule is CCN1CC2=C(N=C3SCC(=O)N3C2c2cc(OC)c(OC)c(OC)c2)/C(=C/c2cc(OC)c(OC)c(OC)c2)C1. The first-order valence-electron chi connectivity index (χ1n) is 13.2. The molecule has 0 aromatic heterocycles. The summed E-state index contributed by atoms with van der Waals surface area (Å²) in [6, 6.07) is 7.30. The Bertz CT molecular complexity index is 1400. The summed E-state index contributed by atoms with van der Waals surface area (Å²) in [6.07, 6.45) is 2.11. The minimum atomic E-state index is -0.383. The summed E-state index contributed by atoms with van der Waals surface area (Å²) in [5.74, 6) is 3.60. The van der Waals surface area contributed by atoms with E-state index in [1.54, 1.807) is 47.6 Å². The van der Waals surface area contributed by atoms with Crippen molar-refractivity contribution in [1.82, 2.24) is 9.80 Å². The van der Waals surface area contributed by atoms with Gasteiger partial charge in [-0.2, -0.15) is 0 Å². The minimum Gasteiger partial charge on any atom is -0.493 e. The molecule has 0 aliphatic carbocycles. The number of likely N-dealkylation sites (N-methyl/N-ethyl adjacent to an activating group) is 1. The van der Waals surface area contributed by atoms with Crippen molar-refractivity contribution in [3.63, 3.8) is 0 Å². The Balaban J connectivity index is 1.72. The van der Waals surface area contributed by atoms with E-state index in [-0.39, 0.29) is 11.9 Å². The molecule has 2 aromatic rings. The van der Waals surface area contributed by atoms with Crippen LogP contribution in [0, 0.1) is 0 Å². The third-order valence-corrected chi connectivity index (χ3v) is 8.41. The molecule has 3 aliphatic rings. The van der Waals surface area contributed by atoms with Gasteiger partial charge in [-0.15, -0.1) is 0 Å². The number of nitrogens with zero attached hydrogens (tertiary/aromatic N) is 3. The summed E-state index contributed by atoms with van der Waals surface area (Å²) in [5.41, 5.74) is 4.70. The molecule has 5 rings (SSSR count). The van der Waals surface area contributed by atoms with Crippen LogP contribution >= 0.6 is 11.8 Å². The second kappa shape index (κ2) is 12.0. The van der Waals surface area contributed by atoms with Gasteiger partial charge in [0.1, 0.15) is 0 Å². The molecule has 2 aromatic carbocycles. The van der Waals surface area contributed by atoms with Gasteiger partial charge in [-0.1, -0.05) is 18.7 Å². The van der Waals surface area contributed by atoms with Crippen LogP contribution in [0.3, 0.4) is 0 Å². The van der Waals surface area contributed by atoms with Gasteiger partial charge in [-0.3, -0.25) is 14.6 Å². The maximum Gasteiger partial charge on any atom is 0.239 e. The maximum absolute atomic E-state index is 13.3. The highest BCUT2D eigenvalue weighted by Crippen LogP contribution is 2.48. The first-order valence-corrected chi connectivity index (χ1v) is 14.2. The fourth-order valence-electron chi connectivity index (χ4n) is 5.55. The molecular weight excluding hydrogens is 546 g/mol. The fourth-order valence-corrected chi connectivity index (χ4v) is 6.44. The Morgan fingerprint density at radius 2 is 1.41 bits per heavy atom. The lowest BCUT2D eigenvalue weighted by atomic mass is 9.88. The topological polar surface area (TPSA) is 91.3 Å². The molecule has 1 unspecified atom stereocenters. The molecule has 0 spiro atoms. The number of methoxy groups -OCH3 is 6. The third kappa shape index (κ3) is 5.08. The van der Waals surface area contributed by atoms with Crippen molar-refractivity contribution in [2.45, 2.75) is 13.0 Å². The number of carbonyl (C=O) groups excluding carboxylic acids is 1. The summed E-state index contributed by atoms with van der Waals surface area (Å²) in [4.78, 5) is 22.5. The Morgan fingerprint density at radius 3 is 1.93 bits per heavy atom. The Labute approximate surface area is 244 Å².